The molecular formula is C34H40N2O5. The summed E-state index contributed by atoms with van der Waals surface area (Å²) < 4.78 is 5.92. The highest BCUT2D eigenvalue weighted by Gasteiger charge is 2.29. The molecule has 1 fully saturated rings. The van der Waals surface area contributed by atoms with Gasteiger partial charge in [0, 0.05) is 49.8 Å². The number of carbonyl (C=O) groups excluding carboxylic acids is 3. The van der Waals surface area contributed by atoms with Gasteiger partial charge in [-0.1, -0.05) is 49.4 Å². The van der Waals surface area contributed by atoms with Crippen molar-refractivity contribution in [1.82, 2.24) is 4.90 Å². The molecule has 7 nitrogen and oxygen atoms in total. The first-order chi connectivity index (χ1) is 20.0. The standard InChI is InChI=1S/C34H40N2O5/c1-2-20-36(34(40)28-18-21-35(22-19-28)29-15-12-27(24-37)13-16-29)23-30(38)25-41-33-11-7-6-10-31(33)32(39)17-14-26-8-4-3-5-9-26/h3-13,15-16,24,28,30,38H,2,14,17-23,25H2,1H3/t30-/m0/s1. The topological polar surface area (TPSA) is 87.2 Å². The smallest absolute Gasteiger partial charge is 0.225 e. The number of hydrogen-bond acceptors (Lipinski definition) is 6. The SMILES string of the molecule is CCCN(C[C@H](O)COc1ccccc1C(=O)CCc1ccccc1)C(=O)C1CCN(c2ccc(C=O)cc2)CC1. The summed E-state index contributed by atoms with van der Waals surface area (Å²) in [4.78, 5) is 41.3. The minimum Gasteiger partial charge on any atom is -0.490 e. The summed E-state index contributed by atoms with van der Waals surface area (Å²) in [5, 5.41) is 10.8. The van der Waals surface area contributed by atoms with Gasteiger partial charge in [0.1, 0.15) is 24.7 Å². The molecule has 1 heterocycles. The van der Waals surface area contributed by atoms with E-state index in [4.69, 9.17) is 4.74 Å². The number of anilines is 1. The number of amides is 1. The van der Waals surface area contributed by atoms with Gasteiger partial charge in [0.05, 0.1) is 5.56 Å². The molecule has 41 heavy (non-hydrogen) atoms. The second kappa shape index (κ2) is 15.1. The maximum atomic E-state index is 13.4. The van der Waals surface area contributed by atoms with Crippen LogP contribution in [0.1, 0.15) is 58.9 Å². The van der Waals surface area contributed by atoms with Crippen LogP contribution in [0.5, 0.6) is 5.75 Å². The van der Waals surface area contributed by atoms with Crippen LogP contribution in [0.2, 0.25) is 0 Å². The molecule has 0 spiro atoms. The number of benzene rings is 3. The van der Waals surface area contributed by atoms with Gasteiger partial charge in [-0.05, 0) is 67.6 Å². The van der Waals surface area contributed by atoms with Crippen molar-refractivity contribution in [2.75, 3.05) is 37.7 Å². The van der Waals surface area contributed by atoms with Gasteiger partial charge in [-0.2, -0.15) is 0 Å². The van der Waals surface area contributed by atoms with Gasteiger partial charge in [-0.3, -0.25) is 14.4 Å². The molecule has 1 atom stereocenters. The van der Waals surface area contributed by atoms with Crippen molar-refractivity contribution in [2.45, 2.75) is 45.1 Å². The van der Waals surface area contributed by atoms with E-state index < -0.39 is 6.10 Å². The molecule has 1 N–H and O–H groups in total. The summed E-state index contributed by atoms with van der Waals surface area (Å²) in [7, 11) is 0. The lowest BCUT2D eigenvalue weighted by Gasteiger charge is -2.36. The van der Waals surface area contributed by atoms with Crippen LogP contribution in [0.3, 0.4) is 0 Å². The predicted molar refractivity (Wildman–Crippen MR) is 161 cm³/mol. The fraction of sp³-hybridized carbons (Fsp3) is 0.382. The van der Waals surface area contributed by atoms with Crippen LogP contribution in [0.4, 0.5) is 5.69 Å². The Bertz CT molecular complexity index is 1270. The van der Waals surface area contributed by atoms with Crippen LogP contribution in [0.15, 0.2) is 78.9 Å². The van der Waals surface area contributed by atoms with E-state index in [0.717, 1.165) is 49.9 Å². The average molecular weight is 557 g/mol. The molecule has 1 saturated heterocycles. The minimum absolute atomic E-state index is 0.00671. The summed E-state index contributed by atoms with van der Waals surface area (Å²) in [6, 6.07) is 24.5. The molecule has 216 valence electrons. The van der Waals surface area contributed by atoms with E-state index in [1.165, 1.54) is 0 Å². The van der Waals surface area contributed by atoms with Crippen molar-refractivity contribution in [2.24, 2.45) is 5.92 Å². The summed E-state index contributed by atoms with van der Waals surface area (Å²) in [6.07, 6.45) is 3.24. The second-order valence-electron chi connectivity index (χ2n) is 10.6. The van der Waals surface area contributed by atoms with Gasteiger partial charge in [-0.25, -0.2) is 0 Å². The van der Waals surface area contributed by atoms with Gasteiger partial charge < -0.3 is 19.6 Å². The zero-order valence-electron chi connectivity index (χ0n) is 23.8. The normalized spacial score (nSPS) is 14.3. The van der Waals surface area contributed by atoms with Crippen LogP contribution in [0.25, 0.3) is 0 Å². The molecule has 3 aromatic rings. The van der Waals surface area contributed by atoms with Crippen molar-refractivity contribution < 1.29 is 24.2 Å². The van der Waals surface area contributed by atoms with Crippen molar-refractivity contribution >= 4 is 23.7 Å². The van der Waals surface area contributed by atoms with Gasteiger partial charge in [0.2, 0.25) is 5.91 Å². The Hall–Kier alpha value is -3.97. The van der Waals surface area contributed by atoms with Crippen LogP contribution in [-0.2, 0) is 11.2 Å². The van der Waals surface area contributed by atoms with Gasteiger partial charge in [0.25, 0.3) is 0 Å². The highest BCUT2D eigenvalue weighted by Crippen LogP contribution is 2.26. The third-order valence-electron chi connectivity index (χ3n) is 7.58. The number of nitrogens with zero attached hydrogens (tertiary/aromatic N) is 2. The number of aliphatic hydroxyl groups is 1. The second-order valence-corrected chi connectivity index (χ2v) is 10.6. The summed E-state index contributed by atoms with van der Waals surface area (Å²) in [5.41, 5.74) is 3.31. The number of carbonyl (C=O) groups is 3. The molecule has 1 aliphatic heterocycles. The molecule has 0 saturated carbocycles. The summed E-state index contributed by atoms with van der Waals surface area (Å²) >= 11 is 0. The first kappa shape index (κ1) is 30.0. The predicted octanol–water partition coefficient (Wildman–Crippen LogP) is 5.21. The molecule has 3 aromatic carbocycles. The Morgan fingerprint density at radius 2 is 1.68 bits per heavy atom. The van der Waals surface area contributed by atoms with E-state index in [-0.39, 0.29) is 30.8 Å². The highest BCUT2D eigenvalue weighted by molar-refractivity contribution is 5.98. The van der Waals surface area contributed by atoms with Crippen molar-refractivity contribution in [3.63, 3.8) is 0 Å². The van der Waals surface area contributed by atoms with Crippen LogP contribution in [-0.4, -0.2) is 66.9 Å². The summed E-state index contributed by atoms with van der Waals surface area (Å²) in [5.74, 6) is 0.417. The monoisotopic (exact) mass is 556 g/mol. The molecule has 0 aliphatic carbocycles. The van der Waals surface area contributed by atoms with E-state index in [9.17, 15) is 19.5 Å². The molecule has 7 heteroatoms. The number of piperidine rings is 1. The fourth-order valence-corrected chi connectivity index (χ4v) is 5.32. The largest absolute Gasteiger partial charge is 0.490 e. The Morgan fingerprint density at radius 1 is 1.00 bits per heavy atom. The Labute approximate surface area is 242 Å². The van der Waals surface area contributed by atoms with Crippen molar-refractivity contribution in [3.05, 3.63) is 95.6 Å². The van der Waals surface area contributed by atoms with Crippen LogP contribution in [0, 0.1) is 5.92 Å². The number of aldehydes is 1. The number of ketones is 1. The number of aliphatic hydroxyl groups excluding tert-OH is 1. The Kier molecular flexibility index (Phi) is 11.1. The quantitative estimate of drug-likeness (QED) is 0.217. The zero-order valence-corrected chi connectivity index (χ0v) is 23.8. The van der Waals surface area contributed by atoms with Crippen LogP contribution < -0.4 is 9.64 Å². The Morgan fingerprint density at radius 3 is 2.37 bits per heavy atom. The number of rotatable bonds is 14. The lowest BCUT2D eigenvalue weighted by Crippen LogP contribution is -2.46. The molecule has 1 aliphatic rings. The van der Waals surface area contributed by atoms with Crippen molar-refractivity contribution in [1.29, 1.82) is 0 Å². The molecule has 0 aromatic heterocycles. The molecule has 0 bridgehead atoms. The van der Waals surface area contributed by atoms with Gasteiger partial charge in [0.15, 0.2) is 5.78 Å². The fourth-order valence-electron chi connectivity index (χ4n) is 5.32. The van der Waals surface area contributed by atoms with Crippen molar-refractivity contribution in [3.8, 4) is 5.75 Å². The van der Waals surface area contributed by atoms with E-state index in [0.29, 0.717) is 36.3 Å². The molecule has 4 rings (SSSR count). The number of hydrogen-bond donors (Lipinski definition) is 1. The maximum absolute atomic E-state index is 13.4. The van der Waals surface area contributed by atoms with E-state index >= 15 is 0 Å². The van der Waals surface area contributed by atoms with E-state index in [1.807, 2.05) is 73.7 Å². The first-order valence-electron chi connectivity index (χ1n) is 14.5. The molecule has 1 amide bonds. The zero-order chi connectivity index (χ0) is 29.0. The third-order valence-corrected chi connectivity index (χ3v) is 7.58. The highest BCUT2D eigenvalue weighted by atomic mass is 16.5. The van der Waals surface area contributed by atoms with Crippen LogP contribution >= 0.6 is 0 Å². The number of para-hydroxylation sites is 1. The molecule has 0 radical (unpaired) electrons. The number of aryl methyl sites for hydroxylation is 1. The molecule has 0 unspecified atom stereocenters. The average Bonchev–Trinajstić information content (AvgIpc) is 3.03. The maximum Gasteiger partial charge on any atom is 0.225 e. The van der Waals surface area contributed by atoms with Gasteiger partial charge in [-0.15, -0.1) is 0 Å². The minimum atomic E-state index is -0.880. The summed E-state index contributed by atoms with van der Waals surface area (Å²) in [6.45, 7) is 4.29. The van der Waals surface area contributed by atoms with Gasteiger partial charge >= 0.3 is 0 Å². The lowest BCUT2D eigenvalue weighted by molar-refractivity contribution is -0.138. The van der Waals surface area contributed by atoms with E-state index in [1.54, 1.807) is 17.0 Å². The molecular weight excluding hydrogens is 516 g/mol. The number of ether oxygens (including phenoxy) is 1. The van der Waals surface area contributed by atoms with E-state index in [2.05, 4.69) is 4.90 Å². The first-order valence-corrected chi connectivity index (χ1v) is 14.5. The number of Topliss-reactive ketones (excluding diaryl/α,β-unsaturated/α-hetero) is 1. The lowest BCUT2D eigenvalue weighted by atomic mass is 9.94. The third kappa shape index (κ3) is 8.51. The Balaban J connectivity index is 1.28.